The maximum absolute atomic E-state index is 12.6. The van der Waals surface area contributed by atoms with E-state index in [2.05, 4.69) is 15.5 Å². The molecule has 1 aliphatic rings. The number of para-hydroxylation sites is 1. The van der Waals surface area contributed by atoms with Crippen LogP contribution in [0.3, 0.4) is 0 Å². The van der Waals surface area contributed by atoms with Gasteiger partial charge in [-0.15, -0.1) is 0 Å². The molecule has 0 saturated carbocycles. The van der Waals surface area contributed by atoms with Crippen molar-refractivity contribution >= 4 is 11.7 Å². The van der Waals surface area contributed by atoms with E-state index >= 15 is 0 Å². The van der Waals surface area contributed by atoms with Gasteiger partial charge in [0.05, 0.1) is 5.92 Å². The van der Waals surface area contributed by atoms with Crippen LogP contribution in [-0.4, -0.2) is 34.2 Å². The van der Waals surface area contributed by atoms with Crippen LogP contribution in [0.15, 0.2) is 59.1 Å². The Kier molecular flexibility index (Phi) is 4.87. The molecule has 0 bridgehead atoms. The lowest BCUT2D eigenvalue weighted by Gasteiger charge is -2.31. The van der Waals surface area contributed by atoms with E-state index in [9.17, 15) is 4.79 Å². The van der Waals surface area contributed by atoms with Crippen molar-refractivity contribution in [2.24, 2.45) is 0 Å². The van der Waals surface area contributed by atoms with Crippen molar-refractivity contribution < 1.29 is 9.32 Å². The number of carbonyl (C=O) groups is 1. The number of urea groups is 1. The monoisotopic (exact) mass is 362 g/mol. The highest BCUT2D eigenvalue weighted by Crippen LogP contribution is 2.28. The number of likely N-dealkylation sites (tertiary alicyclic amines) is 1. The molecule has 1 unspecified atom stereocenters. The second-order valence-electron chi connectivity index (χ2n) is 6.91. The lowest BCUT2D eigenvalue weighted by atomic mass is 9.98. The molecule has 2 aromatic carbocycles. The molecule has 1 fully saturated rings. The average Bonchev–Trinajstić information content (AvgIpc) is 3.19. The third-order valence-electron chi connectivity index (χ3n) is 4.80. The summed E-state index contributed by atoms with van der Waals surface area (Å²) in [6.45, 7) is 3.34. The van der Waals surface area contributed by atoms with Gasteiger partial charge in [0.2, 0.25) is 11.7 Å². The number of benzene rings is 2. The Morgan fingerprint density at radius 1 is 1.19 bits per heavy atom. The molecule has 1 N–H and O–H groups in total. The van der Waals surface area contributed by atoms with E-state index < -0.39 is 0 Å². The van der Waals surface area contributed by atoms with E-state index in [1.54, 1.807) is 0 Å². The molecule has 0 radical (unpaired) electrons. The molecule has 6 nitrogen and oxygen atoms in total. The molecule has 1 aromatic heterocycles. The van der Waals surface area contributed by atoms with Gasteiger partial charge in [0.25, 0.3) is 0 Å². The van der Waals surface area contributed by atoms with Gasteiger partial charge in [-0.3, -0.25) is 0 Å². The molecule has 2 amide bonds. The van der Waals surface area contributed by atoms with Crippen molar-refractivity contribution in [3.05, 3.63) is 66.1 Å². The number of rotatable bonds is 3. The standard InChI is InChI=1S/C21H22N4O2/c1-15-7-5-8-16(13-15)19-23-20(27-24-19)17-9-6-12-25(14-17)21(26)22-18-10-3-2-4-11-18/h2-5,7-8,10-11,13,17H,6,9,12,14H2,1H3,(H,22,26). The molecular formula is C21H22N4O2. The van der Waals surface area contributed by atoms with Gasteiger partial charge in [-0.25, -0.2) is 4.79 Å². The molecule has 1 saturated heterocycles. The maximum Gasteiger partial charge on any atom is 0.321 e. The number of piperidine rings is 1. The van der Waals surface area contributed by atoms with Crippen LogP contribution in [0.5, 0.6) is 0 Å². The number of anilines is 1. The summed E-state index contributed by atoms with van der Waals surface area (Å²) in [5, 5.41) is 7.08. The molecule has 0 aliphatic carbocycles. The van der Waals surface area contributed by atoms with Gasteiger partial charge in [0, 0.05) is 24.3 Å². The smallest absolute Gasteiger partial charge is 0.321 e. The van der Waals surface area contributed by atoms with Crippen molar-refractivity contribution in [1.82, 2.24) is 15.0 Å². The molecule has 138 valence electrons. The first-order valence-corrected chi connectivity index (χ1v) is 9.20. The van der Waals surface area contributed by atoms with E-state index in [-0.39, 0.29) is 11.9 Å². The fourth-order valence-electron chi connectivity index (χ4n) is 3.39. The van der Waals surface area contributed by atoms with Crippen LogP contribution >= 0.6 is 0 Å². The van der Waals surface area contributed by atoms with Crippen molar-refractivity contribution in [3.63, 3.8) is 0 Å². The number of carbonyl (C=O) groups excluding carboxylic acids is 1. The predicted molar refractivity (Wildman–Crippen MR) is 103 cm³/mol. The molecule has 4 rings (SSSR count). The average molecular weight is 362 g/mol. The predicted octanol–water partition coefficient (Wildman–Crippen LogP) is 4.46. The quantitative estimate of drug-likeness (QED) is 0.747. The van der Waals surface area contributed by atoms with Crippen molar-refractivity contribution in [2.75, 3.05) is 18.4 Å². The van der Waals surface area contributed by atoms with Crippen LogP contribution in [-0.2, 0) is 0 Å². The highest BCUT2D eigenvalue weighted by atomic mass is 16.5. The zero-order valence-electron chi connectivity index (χ0n) is 15.3. The van der Waals surface area contributed by atoms with Gasteiger partial charge in [-0.05, 0) is 38.0 Å². The Morgan fingerprint density at radius 2 is 2.04 bits per heavy atom. The summed E-state index contributed by atoms with van der Waals surface area (Å²) in [6, 6.07) is 17.4. The molecule has 2 heterocycles. The number of aromatic nitrogens is 2. The molecular weight excluding hydrogens is 340 g/mol. The molecule has 1 atom stereocenters. The van der Waals surface area contributed by atoms with Crippen molar-refractivity contribution in [1.29, 1.82) is 0 Å². The highest BCUT2D eigenvalue weighted by Gasteiger charge is 2.28. The maximum atomic E-state index is 12.6. The van der Waals surface area contributed by atoms with Crippen LogP contribution < -0.4 is 5.32 Å². The third-order valence-corrected chi connectivity index (χ3v) is 4.80. The summed E-state index contributed by atoms with van der Waals surface area (Å²) in [5.41, 5.74) is 2.89. The molecule has 6 heteroatoms. The second-order valence-corrected chi connectivity index (χ2v) is 6.91. The largest absolute Gasteiger partial charge is 0.339 e. The Bertz CT molecular complexity index is 923. The van der Waals surface area contributed by atoms with Crippen LogP contribution in [0.2, 0.25) is 0 Å². The Balaban J connectivity index is 1.45. The summed E-state index contributed by atoms with van der Waals surface area (Å²) in [6.07, 6.45) is 1.85. The lowest BCUT2D eigenvalue weighted by Crippen LogP contribution is -2.41. The van der Waals surface area contributed by atoms with E-state index in [1.807, 2.05) is 66.4 Å². The highest BCUT2D eigenvalue weighted by molar-refractivity contribution is 5.89. The van der Waals surface area contributed by atoms with Gasteiger partial charge < -0.3 is 14.7 Å². The van der Waals surface area contributed by atoms with Crippen LogP contribution in [0.4, 0.5) is 10.5 Å². The second kappa shape index (κ2) is 7.61. The van der Waals surface area contributed by atoms with E-state index in [1.165, 1.54) is 0 Å². The van der Waals surface area contributed by atoms with Crippen molar-refractivity contribution in [2.45, 2.75) is 25.7 Å². The van der Waals surface area contributed by atoms with Gasteiger partial charge in [-0.1, -0.05) is 47.1 Å². The number of aryl methyl sites for hydroxylation is 1. The van der Waals surface area contributed by atoms with Crippen LogP contribution in [0, 0.1) is 6.92 Å². The van der Waals surface area contributed by atoms with E-state index in [0.29, 0.717) is 18.3 Å². The summed E-state index contributed by atoms with van der Waals surface area (Å²) in [5.74, 6) is 1.26. The van der Waals surface area contributed by atoms with Crippen LogP contribution in [0.1, 0.15) is 30.2 Å². The normalized spacial score (nSPS) is 16.9. The van der Waals surface area contributed by atoms with Gasteiger partial charge in [0.15, 0.2) is 0 Å². The fourth-order valence-corrected chi connectivity index (χ4v) is 3.39. The minimum atomic E-state index is -0.0932. The minimum Gasteiger partial charge on any atom is -0.339 e. The Labute approximate surface area is 158 Å². The number of hydrogen-bond donors (Lipinski definition) is 1. The van der Waals surface area contributed by atoms with Gasteiger partial charge in [-0.2, -0.15) is 4.98 Å². The first kappa shape index (κ1) is 17.3. The van der Waals surface area contributed by atoms with E-state index in [4.69, 9.17) is 4.52 Å². The fraction of sp³-hybridized carbons (Fsp3) is 0.286. The third kappa shape index (κ3) is 4.00. The molecule has 1 aliphatic heterocycles. The lowest BCUT2D eigenvalue weighted by molar-refractivity contribution is 0.184. The number of amides is 2. The van der Waals surface area contributed by atoms with Gasteiger partial charge in [0.1, 0.15) is 0 Å². The topological polar surface area (TPSA) is 71.3 Å². The molecule has 0 spiro atoms. The first-order chi connectivity index (χ1) is 13.2. The summed E-state index contributed by atoms with van der Waals surface area (Å²) in [4.78, 5) is 19.0. The number of nitrogens with one attached hydrogen (secondary N) is 1. The zero-order valence-corrected chi connectivity index (χ0v) is 15.3. The summed E-state index contributed by atoms with van der Waals surface area (Å²) >= 11 is 0. The van der Waals surface area contributed by atoms with E-state index in [0.717, 1.165) is 36.2 Å². The summed E-state index contributed by atoms with van der Waals surface area (Å²) < 4.78 is 5.53. The first-order valence-electron chi connectivity index (χ1n) is 9.20. The zero-order chi connectivity index (χ0) is 18.6. The summed E-state index contributed by atoms with van der Waals surface area (Å²) in [7, 11) is 0. The number of nitrogens with zero attached hydrogens (tertiary/aromatic N) is 3. The number of hydrogen-bond acceptors (Lipinski definition) is 4. The Hall–Kier alpha value is -3.15. The minimum absolute atomic E-state index is 0.0614. The molecule has 27 heavy (non-hydrogen) atoms. The van der Waals surface area contributed by atoms with Gasteiger partial charge >= 0.3 is 6.03 Å². The Morgan fingerprint density at radius 3 is 2.85 bits per heavy atom. The van der Waals surface area contributed by atoms with Crippen molar-refractivity contribution in [3.8, 4) is 11.4 Å². The van der Waals surface area contributed by atoms with Crippen LogP contribution in [0.25, 0.3) is 11.4 Å². The SMILES string of the molecule is Cc1cccc(-c2noc(C3CCCN(C(=O)Nc4ccccc4)C3)n2)c1. The molecule has 3 aromatic rings.